The molecule has 0 bridgehead atoms. The molecule has 1 fully saturated rings. The summed E-state index contributed by atoms with van der Waals surface area (Å²) >= 11 is 0. The van der Waals surface area contributed by atoms with Crippen molar-refractivity contribution >= 4 is 13.7 Å². The van der Waals surface area contributed by atoms with Crippen molar-refractivity contribution in [2.24, 2.45) is 5.11 Å². The van der Waals surface area contributed by atoms with Crippen molar-refractivity contribution in [2.75, 3.05) is 13.7 Å². The fourth-order valence-corrected chi connectivity index (χ4v) is 2.79. The van der Waals surface area contributed by atoms with E-state index in [4.69, 9.17) is 24.8 Å². The molecule has 2 aliphatic heterocycles. The Morgan fingerprint density at radius 1 is 1.64 bits per heavy atom. The third kappa shape index (κ3) is 4.00. The largest absolute Gasteiger partial charge is 0.469 e. The van der Waals surface area contributed by atoms with Crippen LogP contribution in [0.4, 0.5) is 0 Å². The molecule has 0 aliphatic carbocycles. The number of methoxy groups -OCH3 is 1. The maximum absolute atomic E-state index is 11.3. The molecule has 0 saturated carbocycles. The lowest BCUT2D eigenvalue weighted by Gasteiger charge is -2.34. The van der Waals surface area contributed by atoms with Crippen molar-refractivity contribution < 1.29 is 38.3 Å². The van der Waals surface area contributed by atoms with Gasteiger partial charge in [0.25, 0.3) is 5.91 Å². The molecule has 0 aromatic heterocycles. The number of amides is 1. The Kier molecular flexibility index (Phi) is 5.52. The lowest BCUT2D eigenvalue weighted by molar-refractivity contribution is -0.247. The SMILES string of the molecule is C=C1NC(=O)C=CN1[C@@H]1O[C@@](COP(=O)(O)O)(OC)[C@@H](N=[N+]=[N-])[C@H]1O. The number of carbonyl (C=O) groups is 1. The number of nitrogens with zero attached hydrogens (tertiary/aromatic N) is 4. The topological polar surface area (TPSA) is 187 Å². The van der Waals surface area contributed by atoms with Crippen molar-refractivity contribution in [3.05, 3.63) is 35.1 Å². The molecule has 25 heavy (non-hydrogen) atoms. The molecular weight excluding hydrogens is 361 g/mol. The van der Waals surface area contributed by atoms with Gasteiger partial charge in [-0.2, -0.15) is 0 Å². The van der Waals surface area contributed by atoms with Crippen LogP contribution in [-0.4, -0.2) is 63.6 Å². The minimum absolute atomic E-state index is 0.0686. The van der Waals surface area contributed by atoms with Crippen molar-refractivity contribution in [3.63, 3.8) is 0 Å². The number of phosphoric acid groups is 1. The third-order valence-corrected chi connectivity index (χ3v) is 4.05. The summed E-state index contributed by atoms with van der Waals surface area (Å²) in [7, 11) is -3.76. The van der Waals surface area contributed by atoms with E-state index >= 15 is 0 Å². The standard InChI is InChI=1S/C11H16N5O8P/c1-6-13-7(17)3-4-16(6)10-8(18)9(14-15-12)11(22-2,24-10)5-23-25(19,20)21/h3-4,8-10,18H,1,5H2,2H3,(H,13,17)(H2,19,20,21)/t8-,9+,10-,11-/m1/s1. The predicted octanol–water partition coefficient (Wildman–Crippen LogP) is -0.749. The number of phosphoric ester groups is 1. The highest BCUT2D eigenvalue weighted by atomic mass is 31.2. The molecule has 1 amide bonds. The lowest BCUT2D eigenvalue weighted by Crippen LogP contribution is -2.47. The molecule has 0 aromatic rings. The van der Waals surface area contributed by atoms with Crippen LogP contribution in [0.2, 0.25) is 0 Å². The first-order chi connectivity index (χ1) is 11.6. The van der Waals surface area contributed by atoms with Gasteiger partial charge in [-0.15, -0.1) is 0 Å². The number of carbonyl (C=O) groups excluding carboxylic acids is 1. The molecule has 14 heteroatoms. The van der Waals surface area contributed by atoms with Gasteiger partial charge in [-0.3, -0.25) is 9.32 Å². The lowest BCUT2D eigenvalue weighted by atomic mass is 10.0. The summed E-state index contributed by atoms with van der Waals surface area (Å²) in [6.45, 7) is 2.77. The highest BCUT2D eigenvalue weighted by molar-refractivity contribution is 7.46. The fraction of sp³-hybridized carbons (Fsp3) is 0.545. The third-order valence-electron chi connectivity index (χ3n) is 3.58. The van der Waals surface area contributed by atoms with Crippen molar-refractivity contribution in [1.29, 1.82) is 0 Å². The maximum atomic E-state index is 11.3. The van der Waals surface area contributed by atoms with Crippen molar-refractivity contribution in [2.45, 2.75) is 24.2 Å². The van der Waals surface area contributed by atoms with E-state index in [0.29, 0.717) is 0 Å². The molecule has 4 atom stereocenters. The van der Waals surface area contributed by atoms with Crippen LogP contribution in [-0.2, 0) is 23.4 Å². The molecule has 138 valence electrons. The van der Waals surface area contributed by atoms with Crippen LogP contribution in [0.25, 0.3) is 10.4 Å². The second kappa shape index (κ2) is 7.12. The van der Waals surface area contributed by atoms with Gasteiger partial charge in [0, 0.05) is 24.3 Å². The van der Waals surface area contributed by atoms with Gasteiger partial charge in [-0.25, -0.2) is 4.57 Å². The Morgan fingerprint density at radius 3 is 2.84 bits per heavy atom. The minimum atomic E-state index is -4.89. The Bertz CT molecular complexity index is 688. The number of hydrogen-bond acceptors (Lipinski definition) is 8. The highest BCUT2D eigenvalue weighted by Gasteiger charge is 2.58. The molecule has 2 rings (SSSR count). The molecule has 2 heterocycles. The van der Waals surface area contributed by atoms with E-state index in [-0.39, 0.29) is 5.82 Å². The fourth-order valence-electron chi connectivity index (χ4n) is 2.44. The highest BCUT2D eigenvalue weighted by Crippen LogP contribution is 2.42. The van der Waals surface area contributed by atoms with E-state index in [2.05, 4.69) is 26.4 Å². The van der Waals surface area contributed by atoms with Gasteiger partial charge < -0.3 is 34.6 Å². The zero-order chi connectivity index (χ0) is 18.8. The zero-order valence-electron chi connectivity index (χ0n) is 12.9. The van der Waals surface area contributed by atoms with Crippen molar-refractivity contribution in [3.8, 4) is 0 Å². The first kappa shape index (κ1) is 19.4. The molecule has 13 nitrogen and oxygen atoms in total. The van der Waals surface area contributed by atoms with Crippen LogP contribution < -0.4 is 5.32 Å². The van der Waals surface area contributed by atoms with E-state index in [1.54, 1.807) is 0 Å². The monoisotopic (exact) mass is 377 g/mol. The number of aliphatic hydroxyl groups excluding tert-OH is 1. The first-order valence-electron chi connectivity index (χ1n) is 6.75. The molecule has 0 aromatic carbocycles. The second-order valence-electron chi connectivity index (χ2n) is 5.09. The zero-order valence-corrected chi connectivity index (χ0v) is 13.8. The average Bonchev–Trinajstić information content (AvgIpc) is 2.79. The van der Waals surface area contributed by atoms with Gasteiger partial charge in [0.2, 0.25) is 5.79 Å². The van der Waals surface area contributed by atoms with Gasteiger partial charge in [0.05, 0.1) is 0 Å². The van der Waals surface area contributed by atoms with E-state index < -0.39 is 44.5 Å². The van der Waals surface area contributed by atoms with E-state index in [9.17, 15) is 14.5 Å². The number of ether oxygens (including phenoxy) is 2. The molecular formula is C11H16N5O8P. The van der Waals surface area contributed by atoms with Gasteiger partial charge in [0.15, 0.2) is 6.23 Å². The van der Waals surface area contributed by atoms with Crippen LogP contribution >= 0.6 is 7.82 Å². The normalized spacial score (nSPS) is 32.5. The second-order valence-corrected chi connectivity index (χ2v) is 6.33. The van der Waals surface area contributed by atoms with Crippen LogP contribution in [0.3, 0.4) is 0 Å². The smallest absolute Gasteiger partial charge is 0.388 e. The predicted molar refractivity (Wildman–Crippen MR) is 79.8 cm³/mol. The molecule has 0 spiro atoms. The quantitative estimate of drug-likeness (QED) is 0.200. The Hall–Kier alpha value is -1.95. The summed E-state index contributed by atoms with van der Waals surface area (Å²) in [6, 6.07) is -1.40. The van der Waals surface area contributed by atoms with Crippen molar-refractivity contribution in [1.82, 2.24) is 10.2 Å². The molecule has 4 N–H and O–H groups in total. The van der Waals surface area contributed by atoms with Gasteiger partial charge >= 0.3 is 7.82 Å². The minimum Gasteiger partial charge on any atom is -0.388 e. The molecule has 0 radical (unpaired) electrons. The van der Waals surface area contributed by atoms with E-state index in [0.717, 1.165) is 13.2 Å². The molecule has 0 unspecified atom stereocenters. The van der Waals surface area contributed by atoms with Gasteiger partial charge in [-0.1, -0.05) is 11.7 Å². The summed E-state index contributed by atoms with van der Waals surface area (Å²) in [6.07, 6.45) is -0.308. The van der Waals surface area contributed by atoms with Crippen LogP contribution in [0.5, 0.6) is 0 Å². The summed E-state index contributed by atoms with van der Waals surface area (Å²) < 4.78 is 26.1. The summed E-state index contributed by atoms with van der Waals surface area (Å²) in [5, 5.41) is 16.2. The van der Waals surface area contributed by atoms with Crippen LogP contribution in [0.15, 0.2) is 29.8 Å². The van der Waals surface area contributed by atoms with Gasteiger partial charge in [0.1, 0.15) is 24.6 Å². The Labute approximate surface area is 141 Å². The number of azide groups is 1. The Balaban J connectivity index is 2.35. The summed E-state index contributed by atoms with van der Waals surface area (Å²) in [5.41, 5.74) is 8.72. The first-order valence-corrected chi connectivity index (χ1v) is 8.28. The van der Waals surface area contributed by atoms with E-state index in [1.807, 2.05) is 0 Å². The molecule has 1 saturated heterocycles. The maximum Gasteiger partial charge on any atom is 0.469 e. The molecule has 2 aliphatic rings. The van der Waals surface area contributed by atoms with Gasteiger partial charge in [-0.05, 0) is 5.53 Å². The number of nitrogens with one attached hydrogen (secondary N) is 1. The van der Waals surface area contributed by atoms with Crippen LogP contribution in [0, 0.1) is 0 Å². The average molecular weight is 377 g/mol. The summed E-state index contributed by atoms with van der Waals surface area (Å²) in [4.78, 5) is 32.9. The number of aliphatic hydroxyl groups is 1. The Morgan fingerprint density at radius 2 is 2.32 bits per heavy atom. The summed E-state index contributed by atoms with van der Waals surface area (Å²) in [5.74, 6) is -2.35. The number of hydrogen-bond donors (Lipinski definition) is 4. The van der Waals surface area contributed by atoms with E-state index in [1.165, 1.54) is 11.1 Å². The van der Waals surface area contributed by atoms with Crippen LogP contribution in [0.1, 0.15) is 0 Å². The number of rotatable bonds is 6.